The third kappa shape index (κ3) is 4.54. The minimum atomic E-state index is -0.243. The number of rotatable bonds is 5. The molecule has 1 aromatic carbocycles. The summed E-state index contributed by atoms with van der Waals surface area (Å²) in [6.07, 6.45) is 4.11. The fraction of sp³-hybridized carbons (Fsp3) is 0.316. The van der Waals surface area contributed by atoms with Gasteiger partial charge in [0.2, 0.25) is 0 Å². The summed E-state index contributed by atoms with van der Waals surface area (Å²) in [5, 5.41) is 4.00. The van der Waals surface area contributed by atoms with Crippen molar-refractivity contribution < 1.29 is 9.59 Å². The van der Waals surface area contributed by atoms with E-state index in [-0.39, 0.29) is 11.8 Å². The predicted octanol–water partition coefficient (Wildman–Crippen LogP) is 3.60. The number of aromatic nitrogens is 1. The van der Waals surface area contributed by atoms with E-state index in [4.69, 9.17) is 23.2 Å². The maximum Gasteiger partial charge on any atom is 0.272 e. The molecule has 26 heavy (non-hydrogen) atoms. The summed E-state index contributed by atoms with van der Waals surface area (Å²) in [5.74, 6) is -0.363. The smallest absolute Gasteiger partial charge is 0.272 e. The first-order valence-electron chi connectivity index (χ1n) is 8.52. The van der Waals surface area contributed by atoms with Gasteiger partial charge in [-0.3, -0.25) is 14.6 Å². The lowest BCUT2D eigenvalue weighted by Crippen LogP contribution is -2.29. The Morgan fingerprint density at radius 1 is 1.12 bits per heavy atom. The number of halogens is 2. The molecule has 1 saturated heterocycles. The maximum absolute atomic E-state index is 12.4. The van der Waals surface area contributed by atoms with Gasteiger partial charge < -0.3 is 10.2 Å². The van der Waals surface area contributed by atoms with Gasteiger partial charge in [0.15, 0.2) is 0 Å². The van der Waals surface area contributed by atoms with Crippen LogP contribution >= 0.6 is 23.2 Å². The van der Waals surface area contributed by atoms with Crippen LogP contribution in [0.25, 0.3) is 0 Å². The van der Waals surface area contributed by atoms with Gasteiger partial charge in [-0.1, -0.05) is 29.3 Å². The molecule has 2 amide bonds. The van der Waals surface area contributed by atoms with Crippen LogP contribution in [0.1, 0.15) is 39.3 Å². The van der Waals surface area contributed by atoms with Gasteiger partial charge in [0.05, 0.1) is 0 Å². The molecule has 0 atom stereocenters. The van der Waals surface area contributed by atoms with Crippen LogP contribution in [0.5, 0.6) is 0 Å². The molecule has 2 heterocycles. The summed E-state index contributed by atoms with van der Waals surface area (Å²) >= 11 is 12.0. The van der Waals surface area contributed by atoms with Crippen molar-refractivity contribution in [2.24, 2.45) is 0 Å². The quantitative estimate of drug-likeness (QED) is 0.846. The van der Waals surface area contributed by atoms with Gasteiger partial charge in [-0.05, 0) is 49.1 Å². The number of pyridine rings is 1. The van der Waals surface area contributed by atoms with Gasteiger partial charge >= 0.3 is 0 Å². The molecular formula is C19H19Cl2N3O2. The average Bonchev–Trinajstić information content (AvgIpc) is 3.17. The molecule has 2 aromatic rings. The molecule has 0 bridgehead atoms. The minimum Gasteiger partial charge on any atom is -0.352 e. The molecule has 0 saturated carbocycles. The van der Waals surface area contributed by atoms with Crippen LogP contribution in [-0.2, 0) is 6.42 Å². The third-order valence-electron chi connectivity index (χ3n) is 4.33. The van der Waals surface area contributed by atoms with E-state index in [0.29, 0.717) is 34.3 Å². The van der Waals surface area contributed by atoms with Crippen molar-refractivity contribution in [2.75, 3.05) is 19.6 Å². The first kappa shape index (κ1) is 18.7. The number of benzene rings is 1. The molecule has 1 aromatic heterocycles. The highest BCUT2D eigenvalue weighted by atomic mass is 35.5. The van der Waals surface area contributed by atoms with Crippen molar-refractivity contribution in [3.05, 3.63) is 63.4 Å². The summed E-state index contributed by atoms with van der Waals surface area (Å²) in [7, 11) is 0. The zero-order valence-electron chi connectivity index (χ0n) is 14.2. The number of carbonyl (C=O) groups excluding carboxylic acids is 2. The normalized spacial score (nSPS) is 13.7. The van der Waals surface area contributed by atoms with E-state index in [1.807, 2.05) is 6.07 Å². The second-order valence-electron chi connectivity index (χ2n) is 6.17. The van der Waals surface area contributed by atoms with E-state index in [1.54, 1.807) is 29.2 Å². The second-order valence-corrected chi connectivity index (χ2v) is 7.01. The van der Waals surface area contributed by atoms with Crippen LogP contribution in [0.2, 0.25) is 10.0 Å². The lowest BCUT2D eigenvalue weighted by Gasteiger charge is -2.14. The molecule has 1 fully saturated rings. The van der Waals surface area contributed by atoms with E-state index in [2.05, 4.69) is 10.3 Å². The molecular weight excluding hydrogens is 373 g/mol. The number of carbonyl (C=O) groups is 2. The summed E-state index contributed by atoms with van der Waals surface area (Å²) in [6, 6.07) is 8.44. The van der Waals surface area contributed by atoms with Gasteiger partial charge in [-0.2, -0.15) is 0 Å². The monoisotopic (exact) mass is 391 g/mol. The second kappa shape index (κ2) is 8.52. The van der Waals surface area contributed by atoms with Gasteiger partial charge in [-0.25, -0.2) is 0 Å². The zero-order chi connectivity index (χ0) is 18.5. The largest absolute Gasteiger partial charge is 0.352 e. The summed E-state index contributed by atoms with van der Waals surface area (Å²) in [4.78, 5) is 30.6. The van der Waals surface area contributed by atoms with Crippen molar-refractivity contribution in [3.8, 4) is 0 Å². The molecule has 7 heteroatoms. The summed E-state index contributed by atoms with van der Waals surface area (Å²) in [5.41, 5.74) is 1.64. The first-order chi connectivity index (χ1) is 12.5. The third-order valence-corrected chi connectivity index (χ3v) is 4.92. The highest BCUT2D eigenvalue weighted by Gasteiger charge is 2.21. The molecule has 1 aliphatic heterocycles. The Morgan fingerprint density at radius 3 is 2.62 bits per heavy atom. The summed E-state index contributed by atoms with van der Waals surface area (Å²) in [6.45, 7) is 1.93. The number of nitrogens with one attached hydrogen (secondary N) is 1. The predicted molar refractivity (Wildman–Crippen MR) is 102 cm³/mol. The van der Waals surface area contributed by atoms with E-state index in [9.17, 15) is 9.59 Å². The van der Waals surface area contributed by atoms with E-state index in [1.165, 1.54) is 6.20 Å². The standard InChI is InChI=1S/C19H19Cl2N3O2/c20-15-4-3-13(16(21)12-15)5-8-23-18(25)14-6-7-22-17(11-14)19(26)24-9-1-2-10-24/h3-4,6-7,11-12H,1-2,5,8-10H2,(H,23,25). The molecule has 0 unspecified atom stereocenters. The van der Waals surface area contributed by atoms with E-state index < -0.39 is 0 Å². The van der Waals surface area contributed by atoms with E-state index in [0.717, 1.165) is 31.5 Å². The number of likely N-dealkylation sites (tertiary alicyclic amines) is 1. The molecule has 0 aliphatic carbocycles. The minimum absolute atomic E-state index is 0.120. The number of hydrogen-bond donors (Lipinski definition) is 1. The van der Waals surface area contributed by atoms with Gasteiger partial charge in [0.1, 0.15) is 5.69 Å². The van der Waals surface area contributed by atoms with Crippen LogP contribution in [0.3, 0.4) is 0 Å². The van der Waals surface area contributed by atoms with Crippen LogP contribution in [-0.4, -0.2) is 41.3 Å². The van der Waals surface area contributed by atoms with E-state index >= 15 is 0 Å². The molecule has 1 aliphatic rings. The Bertz CT molecular complexity index is 820. The Morgan fingerprint density at radius 2 is 1.88 bits per heavy atom. The Labute approximate surface area is 162 Å². The van der Waals surface area contributed by atoms with Crippen molar-refractivity contribution in [1.29, 1.82) is 0 Å². The maximum atomic E-state index is 12.4. The molecule has 1 N–H and O–H groups in total. The molecule has 3 rings (SSSR count). The van der Waals surface area contributed by atoms with Crippen molar-refractivity contribution in [2.45, 2.75) is 19.3 Å². The Hall–Kier alpha value is -2.11. The van der Waals surface area contributed by atoms with Gasteiger partial charge in [0.25, 0.3) is 11.8 Å². The number of amides is 2. The van der Waals surface area contributed by atoms with Crippen LogP contribution in [0.15, 0.2) is 36.5 Å². The van der Waals surface area contributed by atoms with Crippen LogP contribution in [0.4, 0.5) is 0 Å². The first-order valence-corrected chi connectivity index (χ1v) is 9.27. The molecule has 0 radical (unpaired) electrons. The number of nitrogens with zero attached hydrogens (tertiary/aromatic N) is 2. The highest BCUT2D eigenvalue weighted by Crippen LogP contribution is 2.21. The van der Waals surface area contributed by atoms with Crippen molar-refractivity contribution in [1.82, 2.24) is 15.2 Å². The number of hydrogen-bond acceptors (Lipinski definition) is 3. The molecule has 136 valence electrons. The van der Waals surface area contributed by atoms with Crippen molar-refractivity contribution >= 4 is 35.0 Å². The zero-order valence-corrected chi connectivity index (χ0v) is 15.7. The Balaban J connectivity index is 1.59. The lowest BCUT2D eigenvalue weighted by atomic mass is 10.1. The lowest BCUT2D eigenvalue weighted by molar-refractivity contribution is 0.0787. The fourth-order valence-electron chi connectivity index (χ4n) is 2.91. The average molecular weight is 392 g/mol. The summed E-state index contributed by atoms with van der Waals surface area (Å²) < 4.78 is 0. The van der Waals surface area contributed by atoms with Crippen LogP contribution in [0, 0.1) is 0 Å². The SMILES string of the molecule is O=C(NCCc1ccc(Cl)cc1Cl)c1ccnc(C(=O)N2CCCC2)c1. The van der Waals surface area contributed by atoms with Crippen molar-refractivity contribution in [3.63, 3.8) is 0 Å². The van der Waals surface area contributed by atoms with Gasteiger partial charge in [-0.15, -0.1) is 0 Å². The highest BCUT2D eigenvalue weighted by molar-refractivity contribution is 6.35. The molecule has 0 spiro atoms. The van der Waals surface area contributed by atoms with Crippen LogP contribution < -0.4 is 5.32 Å². The Kier molecular flexibility index (Phi) is 6.12. The fourth-order valence-corrected chi connectivity index (χ4v) is 3.41. The van der Waals surface area contributed by atoms with Gasteiger partial charge in [0, 0.05) is 41.4 Å². The topological polar surface area (TPSA) is 62.3 Å². The molecule has 5 nitrogen and oxygen atoms in total.